The number of furan rings is 1. The van der Waals surface area contributed by atoms with E-state index in [9.17, 15) is 51.2 Å². The largest absolute Gasteiger partial charge is 0.507 e. The van der Waals surface area contributed by atoms with Crippen LogP contribution in [0.1, 0.15) is 146 Å². The van der Waals surface area contributed by atoms with Crippen LogP contribution in [0.5, 0.6) is 23.0 Å². The van der Waals surface area contributed by atoms with Gasteiger partial charge in [0.2, 0.25) is 15.9 Å². The second-order valence-electron chi connectivity index (χ2n) is 32.6. The Labute approximate surface area is 831 Å². The van der Waals surface area contributed by atoms with Crippen LogP contribution in [0.4, 0.5) is 16.5 Å². The van der Waals surface area contributed by atoms with Crippen LogP contribution in [0, 0.1) is 25.2 Å². The number of nitriles is 1. The van der Waals surface area contributed by atoms with Gasteiger partial charge in [-0.2, -0.15) is 9.57 Å². The lowest BCUT2D eigenvalue weighted by atomic mass is 9.96. The van der Waals surface area contributed by atoms with Crippen LogP contribution in [0.25, 0.3) is 11.0 Å². The number of sulfonamides is 2. The summed E-state index contributed by atoms with van der Waals surface area (Å²) in [6.45, 7) is 20.2. The first kappa shape index (κ1) is 106. The highest BCUT2D eigenvalue weighted by atomic mass is 35.5. The lowest BCUT2D eigenvalue weighted by Gasteiger charge is -2.31. The molecule has 1 saturated carbocycles. The van der Waals surface area contributed by atoms with Crippen LogP contribution in [-0.2, 0) is 73.6 Å². The second kappa shape index (κ2) is 53.1. The minimum atomic E-state index is -3.77. The third kappa shape index (κ3) is 30.1. The number of esters is 1. The molecule has 139 heavy (non-hydrogen) atoms. The quantitative estimate of drug-likeness (QED) is 0.0164. The Hall–Kier alpha value is -13.2. The topological polar surface area (TPSA) is 322 Å². The zero-order chi connectivity index (χ0) is 99.4. The summed E-state index contributed by atoms with van der Waals surface area (Å²) in [5.74, 6) is 1.61. The molecule has 33 heteroatoms. The fraction of sp³-hybridized carbons (Fsp3) is 0.292. The number of anilines is 3. The van der Waals surface area contributed by atoms with Crippen LogP contribution in [0.15, 0.2) is 291 Å². The molecule has 1 N–H and O–H groups in total. The monoisotopic (exact) mass is 1990 g/mol. The van der Waals surface area contributed by atoms with Gasteiger partial charge in [-0.15, -0.1) is 35.8 Å². The van der Waals surface area contributed by atoms with Gasteiger partial charge in [-0.25, -0.2) is 35.9 Å². The predicted octanol–water partition coefficient (Wildman–Crippen LogP) is 21.1. The zero-order valence-corrected chi connectivity index (χ0v) is 84.0. The van der Waals surface area contributed by atoms with Gasteiger partial charge < -0.3 is 52.6 Å². The van der Waals surface area contributed by atoms with Crippen LogP contribution in [0.2, 0.25) is 4.34 Å². The maximum absolute atomic E-state index is 13.1. The van der Waals surface area contributed by atoms with Crippen molar-refractivity contribution >= 4 is 123 Å². The number of piperidine rings is 1. The number of ketones is 1. The van der Waals surface area contributed by atoms with Crippen molar-refractivity contribution < 1.29 is 73.8 Å². The van der Waals surface area contributed by atoms with Crippen molar-refractivity contribution in [2.45, 2.75) is 139 Å². The van der Waals surface area contributed by atoms with E-state index in [0.717, 1.165) is 119 Å². The Morgan fingerprint density at radius 1 is 0.683 bits per heavy atom. The van der Waals surface area contributed by atoms with Crippen LogP contribution in [-0.4, -0.2) is 172 Å². The number of fused-ring (bicyclic) bond motifs is 1. The third-order valence-electron chi connectivity index (χ3n) is 22.9. The number of benzene rings is 8. The van der Waals surface area contributed by atoms with Gasteiger partial charge in [0.1, 0.15) is 63.8 Å². The average molecular weight is 2000 g/mol. The number of ether oxygens (including phenoxy) is 4. The fourth-order valence-electron chi connectivity index (χ4n) is 15.6. The number of carbonyl (C=O) groups is 5. The van der Waals surface area contributed by atoms with Crippen molar-refractivity contribution in [3.63, 3.8) is 0 Å². The summed E-state index contributed by atoms with van der Waals surface area (Å²) < 4.78 is 88.1. The zero-order valence-electron chi connectivity index (χ0n) is 79.2. The van der Waals surface area contributed by atoms with Gasteiger partial charge in [0, 0.05) is 123 Å². The Balaban J connectivity index is 0.000000167. The van der Waals surface area contributed by atoms with E-state index in [2.05, 4.69) is 82.4 Å². The molecule has 0 spiro atoms. The van der Waals surface area contributed by atoms with Gasteiger partial charge >= 0.3 is 5.97 Å². The number of hydrogen-bond donors (Lipinski definition) is 1. The number of pyridine rings is 1. The number of aryl methyl sites for hydroxylation is 3. The van der Waals surface area contributed by atoms with Gasteiger partial charge in [0.25, 0.3) is 21.8 Å². The molecule has 15 rings (SSSR count). The van der Waals surface area contributed by atoms with E-state index in [1.807, 2.05) is 111 Å². The Bertz CT molecular complexity index is 6510. The number of methoxy groups -OCH3 is 1. The molecule has 5 aromatic heterocycles. The molecule has 728 valence electrons. The highest BCUT2D eigenvalue weighted by Crippen LogP contribution is 2.35. The number of phenols is 1. The predicted molar refractivity (Wildman–Crippen MR) is 548 cm³/mol. The minimum absolute atomic E-state index is 0.0549. The molecule has 0 unspecified atom stereocenters. The van der Waals surface area contributed by atoms with E-state index >= 15 is 0 Å². The number of halogens is 1. The Kier molecular flexibility index (Phi) is 40.6. The van der Waals surface area contributed by atoms with Crippen molar-refractivity contribution in [1.29, 1.82) is 5.26 Å². The van der Waals surface area contributed by atoms with Crippen molar-refractivity contribution in [1.82, 2.24) is 34.1 Å². The van der Waals surface area contributed by atoms with Crippen LogP contribution < -0.4 is 28.3 Å². The standard InChI is InChI=1S/C25H26N2O4.C23H29N3O3S2.C21H25N3.C19H18N2O4S2.C18H18ClNO5S/c1-5-23-21(20-11-6-7-12-24(20)30-23)14-27(4)25(28)18-9-8-10-19(13-18)29-15-22-16(2)26-31-17(22)3;1-3-16-26(20-12-8-5-9-13-20)23(27)18-30-22-15-14-21(17-24-22)31(28,29)25(2)19-10-6-4-7-11-19;1-23(16-19-10-4-3-9-18(19)15-22)17-20-11-5-6-12-21(20)24-13-7-2-8-14-24;1-15(22)17-9-5-6-10-18(17)25-13-12-21(19-20-11-14-26-19)27(23,24)16-7-3-2-4-8-16;1-3-8-20(10-13-5-7-16(19)26-13)17(22)11-25-18(23)14-9-12(24-2)4-6-15(14)21/h6-13H,5,14-15H2,1-4H3;3,5,8-9,12-15,17,19H,1,4,6-7,10-11,16,18H2,2H3;3-6,9-12H,2,7-8,13-14,16-17H2,1H3;2-11,14H,12-13H2,1H3;3-7,9,21H,1,8,10-11H2,2H3. The number of thiophene rings is 1. The molecule has 0 atom stereocenters. The molecule has 0 radical (unpaired) electrons. The number of aromatic hydroxyl groups is 1. The fourth-order valence-corrected chi connectivity index (χ4v) is 21.1. The number of para-hydroxylation sites is 4. The Morgan fingerprint density at radius 2 is 1.37 bits per heavy atom. The number of hydrogen-bond acceptors (Lipinski definition) is 25. The molecule has 6 heterocycles. The van der Waals surface area contributed by atoms with E-state index in [-0.39, 0.29) is 69.6 Å². The molecule has 8 aromatic carbocycles. The average Bonchev–Trinajstić information content (AvgIpc) is 1.44. The molecule has 2 fully saturated rings. The Morgan fingerprint density at radius 3 is 2.04 bits per heavy atom. The summed E-state index contributed by atoms with van der Waals surface area (Å²) in [7, 11) is -0.309. The summed E-state index contributed by atoms with van der Waals surface area (Å²) in [6.07, 6.45) is 16.0. The summed E-state index contributed by atoms with van der Waals surface area (Å²) in [4.78, 5) is 81.4. The summed E-state index contributed by atoms with van der Waals surface area (Å²) in [6, 6.07) is 69.7. The maximum atomic E-state index is 13.1. The SMILES string of the molecule is C=CCN(C(=O)CSc1ccc(S(=O)(=O)N(C)C2CCCCC2)cn1)c1ccccc1.C=CCN(Cc1ccc(Cl)s1)C(=O)COC(=O)c1cc(OC)ccc1O.CC(=O)c1ccccc1OCCN(c1nccs1)S(=O)(=O)c1ccccc1.CCc1oc2ccccc2c1CN(C)C(=O)c1cccc(OCc2c(C)noc2C)c1.CN(Cc1ccccc1C#N)Cc1ccccc1N1CCCCC1. The van der Waals surface area contributed by atoms with Gasteiger partial charge in [-0.1, -0.05) is 176 Å². The molecule has 0 bridgehead atoms. The third-order valence-corrected chi connectivity index (χ3v) is 29.7. The van der Waals surface area contributed by atoms with Gasteiger partial charge in [0.15, 0.2) is 17.5 Å². The first-order valence-corrected chi connectivity index (χ1v) is 51.4. The van der Waals surface area contributed by atoms with Crippen molar-refractivity contribution in [3.05, 3.63) is 338 Å². The summed E-state index contributed by atoms with van der Waals surface area (Å²) in [5, 5.41) is 26.7. The first-order valence-electron chi connectivity index (χ1n) is 45.4. The van der Waals surface area contributed by atoms with E-state index in [0.29, 0.717) is 75.7 Å². The van der Waals surface area contributed by atoms with Gasteiger partial charge in [-0.3, -0.25) is 24.1 Å². The molecule has 3 amide bonds. The first-order chi connectivity index (χ1) is 67.1. The summed E-state index contributed by atoms with van der Waals surface area (Å²) in [5.41, 5.74) is 10.0. The van der Waals surface area contributed by atoms with Gasteiger partial charge in [0.05, 0.1) is 68.7 Å². The van der Waals surface area contributed by atoms with E-state index in [4.69, 9.17) is 39.5 Å². The number of nitrogens with zero attached hydrogens (tertiary/aromatic N) is 11. The molecule has 2 aliphatic rings. The molecule has 1 aliphatic carbocycles. The molecule has 1 aliphatic heterocycles. The number of phenolic OH excluding ortho intramolecular Hbond substituents is 1. The normalized spacial score (nSPS) is 12.4. The molecular formula is C106H116ClN11O16S5. The molecule has 27 nitrogen and oxygen atoms in total. The van der Waals surface area contributed by atoms with Crippen molar-refractivity contribution in [2.75, 3.05) is 94.0 Å². The number of rotatable bonds is 37. The minimum Gasteiger partial charge on any atom is -0.507 e. The van der Waals surface area contributed by atoms with E-state index in [1.54, 1.807) is 133 Å². The van der Waals surface area contributed by atoms with Crippen LogP contribution >= 0.6 is 46.0 Å². The highest BCUT2D eigenvalue weighted by Gasteiger charge is 2.32. The van der Waals surface area contributed by atoms with Crippen molar-refractivity contribution in [2.24, 2.45) is 0 Å². The number of carbonyl (C=O) groups excluding carboxylic acids is 5. The number of amides is 3. The van der Waals surface area contributed by atoms with Gasteiger partial charge in [-0.05, 0) is 186 Å². The number of aromatic nitrogens is 3. The lowest BCUT2D eigenvalue weighted by Crippen LogP contribution is -2.38. The number of thiazole rings is 1. The van der Waals surface area contributed by atoms with E-state index in [1.165, 1.54) is 123 Å². The van der Waals surface area contributed by atoms with Crippen molar-refractivity contribution in [3.8, 4) is 29.1 Å². The molecular weight excluding hydrogens is 1880 g/mol. The smallest absolute Gasteiger partial charge is 0.342 e. The second-order valence-corrected chi connectivity index (χ2v) is 40.2. The number of Topliss-reactive ketones (excluding diaryl/α,β-unsaturated/α-hetero) is 1. The van der Waals surface area contributed by atoms with E-state index < -0.39 is 32.6 Å². The number of thioether (sulfide) groups is 1. The molecule has 13 aromatic rings. The van der Waals surface area contributed by atoms with Crippen LogP contribution in [0.3, 0.4) is 0 Å². The molecule has 1 saturated heterocycles. The lowest BCUT2D eigenvalue weighted by molar-refractivity contribution is -0.134. The highest BCUT2D eigenvalue weighted by molar-refractivity contribution is 8.00. The summed E-state index contributed by atoms with van der Waals surface area (Å²) >= 11 is 9.79. The maximum Gasteiger partial charge on any atom is 0.342 e.